The summed E-state index contributed by atoms with van der Waals surface area (Å²) in [5.74, 6) is 0.650. The van der Waals surface area contributed by atoms with E-state index < -0.39 is 0 Å². The van der Waals surface area contributed by atoms with Gasteiger partial charge in [-0.3, -0.25) is 0 Å². The largest absolute Gasteiger partial charge is 0.352 e. The number of aryl methyl sites for hydroxylation is 1. The van der Waals surface area contributed by atoms with Crippen LogP contribution >= 0.6 is 0 Å². The Kier molecular flexibility index (Phi) is 4.47. The molecule has 4 heteroatoms. The van der Waals surface area contributed by atoms with Crippen LogP contribution in [0.4, 0.5) is 5.95 Å². The average Bonchev–Trinajstić information content (AvgIpc) is 2.41. The molecule has 100 valence electrons. The first kappa shape index (κ1) is 13.5. The number of nitrogens with zero attached hydrogens (tertiary/aromatic N) is 2. The van der Waals surface area contributed by atoms with Crippen LogP contribution in [0.1, 0.15) is 18.9 Å². The highest BCUT2D eigenvalue weighted by atomic mass is 15.1. The molecule has 4 nitrogen and oxygen atoms in total. The molecule has 0 fully saturated rings. The molecule has 0 amide bonds. The van der Waals surface area contributed by atoms with Crippen molar-refractivity contribution < 1.29 is 0 Å². The van der Waals surface area contributed by atoms with Crippen molar-refractivity contribution in [2.45, 2.75) is 26.3 Å². The quantitative estimate of drug-likeness (QED) is 0.863. The van der Waals surface area contributed by atoms with Crippen molar-refractivity contribution in [3.63, 3.8) is 0 Å². The van der Waals surface area contributed by atoms with E-state index in [9.17, 15) is 0 Å². The van der Waals surface area contributed by atoms with Crippen LogP contribution < -0.4 is 11.1 Å². The van der Waals surface area contributed by atoms with Gasteiger partial charge in [-0.2, -0.15) is 0 Å². The first-order valence-electron chi connectivity index (χ1n) is 6.54. The Hall–Kier alpha value is -1.94. The zero-order valence-electron chi connectivity index (χ0n) is 11.4. The third-order valence-electron chi connectivity index (χ3n) is 3.01. The Morgan fingerprint density at radius 1 is 1.11 bits per heavy atom. The predicted molar refractivity (Wildman–Crippen MR) is 79.0 cm³/mol. The fourth-order valence-corrected chi connectivity index (χ4v) is 1.84. The summed E-state index contributed by atoms with van der Waals surface area (Å²) in [4.78, 5) is 8.67. The third kappa shape index (κ3) is 3.76. The maximum atomic E-state index is 5.51. The number of anilines is 1. The molecule has 1 heterocycles. The van der Waals surface area contributed by atoms with Crippen molar-refractivity contribution >= 4 is 5.95 Å². The van der Waals surface area contributed by atoms with E-state index in [0.29, 0.717) is 12.5 Å². The number of nitrogens with one attached hydrogen (secondary N) is 1. The van der Waals surface area contributed by atoms with E-state index in [1.54, 1.807) is 0 Å². The van der Waals surface area contributed by atoms with Crippen LogP contribution in [-0.2, 0) is 0 Å². The van der Waals surface area contributed by atoms with Crippen molar-refractivity contribution in [2.24, 2.45) is 5.73 Å². The van der Waals surface area contributed by atoms with Crippen LogP contribution in [0, 0.1) is 6.92 Å². The maximum absolute atomic E-state index is 5.51. The first-order chi connectivity index (χ1) is 9.19. The zero-order valence-corrected chi connectivity index (χ0v) is 11.4. The van der Waals surface area contributed by atoms with Gasteiger partial charge in [-0.15, -0.1) is 0 Å². The van der Waals surface area contributed by atoms with Gasteiger partial charge in [0.2, 0.25) is 5.95 Å². The molecule has 1 aromatic carbocycles. The molecule has 2 aromatic rings. The van der Waals surface area contributed by atoms with E-state index in [-0.39, 0.29) is 6.04 Å². The van der Waals surface area contributed by atoms with E-state index in [2.05, 4.69) is 53.4 Å². The fraction of sp³-hybridized carbons (Fsp3) is 0.333. The molecule has 0 aliphatic carbocycles. The van der Waals surface area contributed by atoms with Gasteiger partial charge in [0.25, 0.3) is 0 Å². The lowest BCUT2D eigenvalue weighted by atomic mass is 10.1. The van der Waals surface area contributed by atoms with E-state index in [1.807, 2.05) is 12.4 Å². The molecule has 0 bridgehead atoms. The van der Waals surface area contributed by atoms with Crippen LogP contribution in [0.15, 0.2) is 36.7 Å². The smallest absolute Gasteiger partial charge is 0.222 e. The van der Waals surface area contributed by atoms with Crippen molar-refractivity contribution in [1.29, 1.82) is 0 Å². The molecule has 0 spiro atoms. The van der Waals surface area contributed by atoms with Gasteiger partial charge in [0.15, 0.2) is 0 Å². The SMILES string of the molecule is Cc1ccc(-c2cnc(NC(C)CCN)nc2)cc1. The first-order valence-corrected chi connectivity index (χ1v) is 6.54. The van der Waals surface area contributed by atoms with E-state index >= 15 is 0 Å². The Labute approximate surface area is 114 Å². The minimum Gasteiger partial charge on any atom is -0.352 e. The fourth-order valence-electron chi connectivity index (χ4n) is 1.84. The molecule has 2 rings (SSSR count). The number of aromatic nitrogens is 2. The van der Waals surface area contributed by atoms with Crippen molar-refractivity contribution in [1.82, 2.24) is 9.97 Å². The Balaban J connectivity index is 2.08. The molecule has 1 aromatic heterocycles. The number of rotatable bonds is 5. The predicted octanol–water partition coefficient (Wildman–Crippen LogP) is 2.60. The van der Waals surface area contributed by atoms with Gasteiger partial charge < -0.3 is 11.1 Å². The summed E-state index contributed by atoms with van der Waals surface area (Å²) >= 11 is 0. The average molecular weight is 256 g/mol. The summed E-state index contributed by atoms with van der Waals surface area (Å²) in [6, 6.07) is 8.63. The Bertz CT molecular complexity index is 505. The molecule has 0 saturated carbocycles. The van der Waals surface area contributed by atoms with Crippen LogP contribution in [-0.4, -0.2) is 22.6 Å². The minimum atomic E-state index is 0.287. The monoisotopic (exact) mass is 256 g/mol. The molecule has 0 radical (unpaired) electrons. The summed E-state index contributed by atoms with van der Waals surface area (Å²) in [7, 11) is 0. The highest BCUT2D eigenvalue weighted by molar-refractivity contribution is 5.62. The molecule has 0 saturated heterocycles. The van der Waals surface area contributed by atoms with Crippen molar-refractivity contribution in [3.05, 3.63) is 42.2 Å². The summed E-state index contributed by atoms with van der Waals surface area (Å²) in [5, 5.41) is 3.23. The second-order valence-electron chi connectivity index (χ2n) is 4.78. The molecular weight excluding hydrogens is 236 g/mol. The molecule has 0 aliphatic heterocycles. The van der Waals surface area contributed by atoms with Crippen LogP contribution in [0.2, 0.25) is 0 Å². The minimum absolute atomic E-state index is 0.287. The second kappa shape index (κ2) is 6.29. The van der Waals surface area contributed by atoms with Gasteiger partial charge in [0.05, 0.1) is 0 Å². The van der Waals surface area contributed by atoms with E-state index in [4.69, 9.17) is 5.73 Å². The summed E-state index contributed by atoms with van der Waals surface area (Å²) in [6.45, 7) is 4.81. The van der Waals surface area contributed by atoms with Gasteiger partial charge in [-0.05, 0) is 32.4 Å². The summed E-state index contributed by atoms with van der Waals surface area (Å²) in [5.41, 5.74) is 8.92. The molecular formula is C15H20N4. The topological polar surface area (TPSA) is 63.8 Å². The lowest BCUT2D eigenvalue weighted by Gasteiger charge is -2.12. The van der Waals surface area contributed by atoms with Gasteiger partial charge >= 0.3 is 0 Å². The van der Waals surface area contributed by atoms with Crippen LogP contribution in [0.3, 0.4) is 0 Å². The van der Waals surface area contributed by atoms with Crippen LogP contribution in [0.25, 0.3) is 11.1 Å². The zero-order chi connectivity index (χ0) is 13.7. The number of hydrogen-bond donors (Lipinski definition) is 2. The Morgan fingerprint density at radius 3 is 2.32 bits per heavy atom. The van der Waals surface area contributed by atoms with Crippen LogP contribution in [0.5, 0.6) is 0 Å². The van der Waals surface area contributed by atoms with E-state index in [1.165, 1.54) is 5.56 Å². The van der Waals surface area contributed by atoms with Gasteiger partial charge in [-0.1, -0.05) is 29.8 Å². The van der Waals surface area contributed by atoms with E-state index in [0.717, 1.165) is 17.5 Å². The Morgan fingerprint density at radius 2 is 1.74 bits per heavy atom. The van der Waals surface area contributed by atoms with Gasteiger partial charge in [0, 0.05) is 24.0 Å². The lowest BCUT2D eigenvalue weighted by molar-refractivity contribution is 0.709. The number of benzene rings is 1. The highest BCUT2D eigenvalue weighted by Gasteiger charge is 2.04. The van der Waals surface area contributed by atoms with Crippen molar-refractivity contribution in [2.75, 3.05) is 11.9 Å². The van der Waals surface area contributed by atoms with Gasteiger partial charge in [0.1, 0.15) is 0 Å². The normalized spacial score (nSPS) is 12.2. The summed E-state index contributed by atoms with van der Waals surface area (Å²) < 4.78 is 0. The third-order valence-corrected chi connectivity index (χ3v) is 3.01. The molecule has 3 N–H and O–H groups in total. The molecule has 0 aliphatic rings. The molecule has 19 heavy (non-hydrogen) atoms. The standard InChI is InChI=1S/C15H20N4/c1-11-3-5-13(6-4-11)14-9-17-15(18-10-14)19-12(2)7-8-16/h3-6,9-10,12H,7-8,16H2,1-2H3,(H,17,18,19). The second-order valence-corrected chi connectivity index (χ2v) is 4.78. The number of nitrogens with two attached hydrogens (primary N) is 1. The summed E-state index contributed by atoms with van der Waals surface area (Å²) in [6.07, 6.45) is 4.59. The maximum Gasteiger partial charge on any atom is 0.222 e. The van der Waals surface area contributed by atoms with Crippen molar-refractivity contribution in [3.8, 4) is 11.1 Å². The molecule has 1 atom stereocenters. The highest BCUT2D eigenvalue weighted by Crippen LogP contribution is 2.18. The lowest BCUT2D eigenvalue weighted by Crippen LogP contribution is -2.20. The molecule has 1 unspecified atom stereocenters. The van der Waals surface area contributed by atoms with Gasteiger partial charge in [-0.25, -0.2) is 9.97 Å². The number of hydrogen-bond acceptors (Lipinski definition) is 4.